The van der Waals surface area contributed by atoms with Crippen LogP contribution in [0.5, 0.6) is 17.2 Å². The van der Waals surface area contributed by atoms with Gasteiger partial charge in [-0.3, -0.25) is 4.79 Å². The Kier molecular flexibility index (Phi) is 9.76. The Balaban J connectivity index is 0.00000342. The molecule has 4 rings (SSSR count). The van der Waals surface area contributed by atoms with Gasteiger partial charge >= 0.3 is 29.6 Å². The van der Waals surface area contributed by atoms with Crippen LogP contribution in [0.15, 0.2) is 54.6 Å². The molecule has 3 aromatic carbocycles. The number of carbonyl (C=O) groups is 2. The zero-order chi connectivity index (χ0) is 24.2. The molecule has 0 saturated heterocycles. The second-order valence-corrected chi connectivity index (χ2v) is 9.02. The summed E-state index contributed by atoms with van der Waals surface area (Å²) < 4.78 is 11.4. The van der Waals surface area contributed by atoms with E-state index in [2.05, 4.69) is 5.32 Å². The van der Waals surface area contributed by atoms with Crippen molar-refractivity contribution in [3.05, 3.63) is 86.4 Å². The molecule has 1 N–H and O–H groups in total. The van der Waals surface area contributed by atoms with Crippen molar-refractivity contribution < 1.29 is 53.7 Å². The van der Waals surface area contributed by atoms with Crippen molar-refractivity contribution in [2.24, 2.45) is 0 Å². The molecular weight excluding hydrogens is 524 g/mol. The van der Waals surface area contributed by atoms with Crippen LogP contribution in [0.1, 0.15) is 33.8 Å². The van der Waals surface area contributed by atoms with Crippen molar-refractivity contribution in [1.29, 1.82) is 0 Å². The molecule has 3 aromatic rings. The molecular formula is C25H19Cl3NNaO5. The summed E-state index contributed by atoms with van der Waals surface area (Å²) in [5.74, 6) is -0.996. The Labute approximate surface area is 239 Å². The number of carboxylic acid groups (broad SMARTS) is 1. The summed E-state index contributed by atoms with van der Waals surface area (Å²) in [7, 11) is 0. The van der Waals surface area contributed by atoms with Crippen molar-refractivity contribution in [3.8, 4) is 17.2 Å². The first kappa shape index (κ1) is 27.7. The Bertz CT molecular complexity index is 1220. The van der Waals surface area contributed by atoms with Gasteiger partial charge in [-0.15, -0.1) is 0 Å². The number of rotatable bonds is 7. The quantitative estimate of drug-likeness (QED) is 0.462. The fraction of sp³-hybridized carbons (Fsp3) is 0.200. The molecule has 1 atom stereocenters. The van der Waals surface area contributed by atoms with E-state index in [4.69, 9.17) is 44.3 Å². The second-order valence-electron chi connectivity index (χ2n) is 7.74. The van der Waals surface area contributed by atoms with E-state index in [1.807, 2.05) is 0 Å². The number of halogens is 3. The SMILES string of the molecule is O=C(NCCc1cc(Cl)cc(Cl)c1)c1ccc(Oc2cc3c(cc2Cl)C(C(=O)[O-])CCO3)cc1.[Na+]. The van der Waals surface area contributed by atoms with E-state index in [1.165, 1.54) is 6.07 Å². The molecule has 0 bridgehead atoms. The smallest absolute Gasteiger partial charge is 0.549 e. The van der Waals surface area contributed by atoms with Gasteiger partial charge < -0.3 is 24.7 Å². The average molecular weight is 543 g/mol. The van der Waals surface area contributed by atoms with Gasteiger partial charge in [0.05, 0.1) is 11.6 Å². The third kappa shape index (κ3) is 7.06. The third-order valence-corrected chi connectivity index (χ3v) is 6.09. The van der Waals surface area contributed by atoms with E-state index in [1.54, 1.807) is 48.5 Å². The van der Waals surface area contributed by atoms with Crippen molar-refractivity contribution in [2.75, 3.05) is 13.2 Å². The van der Waals surface area contributed by atoms with Gasteiger partial charge in [-0.2, -0.15) is 0 Å². The number of amides is 1. The van der Waals surface area contributed by atoms with Crippen LogP contribution in [0, 0.1) is 0 Å². The predicted octanol–water partition coefficient (Wildman–Crippen LogP) is 2.03. The minimum Gasteiger partial charge on any atom is -0.549 e. The third-order valence-electron chi connectivity index (χ3n) is 5.35. The molecule has 1 heterocycles. The summed E-state index contributed by atoms with van der Waals surface area (Å²) in [6, 6.07) is 14.9. The van der Waals surface area contributed by atoms with Gasteiger partial charge in [0.1, 0.15) is 17.2 Å². The molecule has 0 aliphatic carbocycles. The maximum absolute atomic E-state index is 12.4. The number of fused-ring (bicyclic) bond motifs is 1. The van der Waals surface area contributed by atoms with E-state index in [-0.39, 0.29) is 47.1 Å². The van der Waals surface area contributed by atoms with Crippen molar-refractivity contribution >= 4 is 46.7 Å². The van der Waals surface area contributed by atoms with Crippen molar-refractivity contribution in [2.45, 2.75) is 18.8 Å². The van der Waals surface area contributed by atoms with Crippen LogP contribution >= 0.6 is 34.8 Å². The van der Waals surface area contributed by atoms with E-state index in [0.29, 0.717) is 57.8 Å². The van der Waals surface area contributed by atoms with Gasteiger partial charge in [0.2, 0.25) is 0 Å². The van der Waals surface area contributed by atoms with Gasteiger partial charge in [-0.25, -0.2) is 0 Å². The number of ether oxygens (including phenoxy) is 2. The molecule has 35 heavy (non-hydrogen) atoms. The summed E-state index contributed by atoms with van der Waals surface area (Å²) in [5.41, 5.74) is 1.86. The molecule has 1 amide bonds. The maximum atomic E-state index is 12.4. The Morgan fingerprint density at radius 3 is 2.37 bits per heavy atom. The van der Waals surface area contributed by atoms with E-state index < -0.39 is 11.9 Å². The molecule has 1 unspecified atom stereocenters. The van der Waals surface area contributed by atoms with Gasteiger partial charge in [-0.05, 0) is 66.9 Å². The van der Waals surface area contributed by atoms with Gasteiger partial charge in [0.15, 0.2) is 0 Å². The molecule has 0 radical (unpaired) electrons. The Hall–Kier alpha value is -1.93. The van der Waals surface area contributed by atoms with E-state index in [0.717, 1.165) is 5.56 Å². The zero-order valence-corrected chi connectivity index (χ0v) is 23.0. The van der Waals surface area contributed by atoms with E-state index >= 15 is 0 Å². The first-order chi connectivity index (χ1) is 16.3. The molecule has 0 spiro atoms. The van der Waals surface area contributed by atoms with Crippen LogP contribution in [0.4, 0.5) is 0 Å². The predicted molar refractivity (Wildman–Crippen MR) is 128 cm³/mol. The summed E-state index contributed by atoms with van der Waals surface area (Å²) in [6.07, 6.45) is 0.910. The standard InChI is InChI=1S/C25H20Cl3NO5.Na/c26-16-9-14(10-17(27)11-16)5-7-29-24(30)15-1-3-18(4-2-15)34-23-13-22-20(12-21(23)28)19(25(31)32)6-8-33-22;/h1-4,9-13,19H,5-8H2,(H,29,30)(H,31,32);/q;+1/p-1. The molecule has 0 saturated carbocycles. The average Bonchev–Trinajstić information content (AvgIpc) is 2.79. The summed E-state index contributed by atoms with van der Waals surface area (Å²) in [5, 5.41) is 15.6. The maximum Gasteiger partial charge on any atom is 1.00 e. The number of benzene rings is 3. The summed E-state index contributed by atoms with van der Waals surface area (Å²) in [4.78, 5) is 23.8. The van der Waals surface area contributed by atoms with Crippen LogP contribution < -0.4 is 49.5 Å². The Morgan fingerprint density at radius 2 is 1.71 bits per heavy atom. The monoisotopic (exact) mass is 541 g/mol. The van der Waals surface area contributed by atoms with Crippen molar-refractivity contribution in [1.82, 2.24) is 5.32 Å². The van der Waals surface area contributed by atoms with Crippen LogP contribution in [0.25, 0.3) is 0 Å². The van der Waals surface area contributed by atoms with Gasteiger partial charge in [0.25, 0.3) is 5.91 Å². The van der Waals surface area contributed by atoms with Crippen LogP contribution in [-0.4, -0.2) is 25.0 Å². The minimum atomic E-state index is -1.17. The number of aliphatic carboxylic acids is 1. The molecule has 10 heteroatoms. The summed E-state index contributed by atoms with van der Waals surface area (Å²) >= 11 is 18.3. The molecule has 0 aromatic heterocycles. The van der Waals surface area contributed by atoms with Gasteiger partial charge in [0, 0.05) is 45.7 Å². The number of hydrogen-bond donors (Lipinski definition) is 1. The normalized spacial score (nSPS) is 14.2. The minimum absolute atomic E-state index is 0. The van der Waals surface area contributed by atoms with Crippen LogP contribution in [-0.2, 0) is 11.2 Å². The molecule has 1 aliphatic rings. The topological polar surface area (TPSA) is 87.7 Å². The number of carbonyl (C=O) groups excluding carboxylic acids is 2. The number of carboxylic acids is 1. The van der Waals surface area contributed by atoms with E-state index in [9.17, 15) is 14.7 Å². The van der Waals surface area contributed by atoms with Crippen molar-refractivity contribution in [3.63, 3.8) is 0 Å². The zero-order valence-electron chi connectivity index (χ0n) is 18.8. The summed E-state index contributed by atoms with van der Waals surface area (Å²) in [6.45, 7) is 0.687. The first-order valence-electron chi connectivity index (χ1n) is 10.5. The Morgan fingerprint density at radius 1 is 1.03 bits per heavy atom. The number of nitrogens with one attached hydrogen (secondary N) is 1. The fourth-order valence-corrected chi connectivity index (χ4v) is 4.47. The van der Waals surface area contributed by atoms with Crippen LogP contribution in [0.2, 0.25) is 15.1 Å². The second kappa shape index (κ2) is 12.3. The largest absolute Gasteiger partial charge is 1.00 e. The first-order valence-corrected chi connectivity index (χ1v) is 11.6. The molecule has 1 aliphatic heterocycles. The number of hydrogen-bond acceptors (Lipinski definition) is 5. The fourth-order valence-electron chi connectivity index (χ4n) is 3.69. The van der Waals surface area contributed by atoms with Gasteiger partial charge in [-0.1, -0.05) is 34.8 Å². The molecule has 6 nitrogen and oxygen atoms in total. The van der Waals surface area contributed by atoms with Crippen LogP contribution in [0.3, 0.4) is 0 Å². The molecule has 0 fully saturated rings. The molecule has 176 valence electrons.